The second-order valence-corrected chi connectivity index (χ2v) is 3.06. The molecule has 0 aliphatic rings. The predicted molar refractivity (Wildman–Crippen MR) is 50.6 cm³/mol. The second kappa shape index (κ2) is 4.30. The van der Waals surface area contributed by atoms with Gasteiger partial charge in [-0.2, -0.15) is 0 Å². The van der Waals surface area contributed by atoms with Crippen LogP contribution in [0, 0.1) is 0 Å². The fraction of sp³-hybridized carbons (Fsp3) is 0.222. The van der Waals surface area contributed by atoms with E-state index in [-0.39, 0.29) is 11.3 Å². The molecule has 0 fully saturated rings. The largest absolute Gasteiger partial charge is 0.496 e. The van der Waals surface area contributed by atoms with Crippen LogP contribution < -0.4 is 4.74 Å². The lowest BCUT2D eigenvalue weighted by atomic mass is 10.1. The molecule has 0 saturated heterocycles. The van der Waals surface area contributed by atoms with Crippen LogP contribution in [-0.4, -0.2) is 23.3 Å². The Labute approximate surface area is 85.7 Å². The van der Waals surface area contributed by atoms with Gasteiger partial charge >= 0.3 is 5.97 Å². The van der Waals surface area contributed by atoms with Crippen molar-refractivity contribution >= 4 is 17.6 Å². The first kappa shape index (κ1) is 10.8. The Hall–Kier alpha value is -1.26. The summed E-state index contributed by atoms with van der Waals surface area (Å²) < 4.78 is 4.89. The first-order valence-electron chi connectivity index (χ1n) is 3.80. The molecule has 14 heavy (non-hydrogen) atoms. The molecule has 1 rings (SSSR count). The maximum absolute atomic E-state index is 10.5. The Morgan fingerprint density at radius 2 is 2.21 bits per heavy atom. The Morgan fingerprint density at radius 3 is 2.71 bits per heavy atom. The standard InChI is InChI=1S/C9H9ClO4/c1-14-7-4-5(10)2-3-6(7)8(11)9(12)13/h2-4,8,11H,1H3,(H,12,13)/t8-/m0/s1. The Morgan fingerprint density at radius 1 is 1.57 bits per heavy atom. The number of aliphatic carboxylic acids is 1. The molecule has 0 radical (unpaired) electrons. The van der Waals surface area contributed by atoms with Crippen molar-refractivity contribution in [2.24, 2.45) is 0 Å². The van der Waals surface area contributed by atoms with Crippen molar-refractivity contribution in [1.29, 1.82) is 0 Å². The minimum Gasteiger partial charge on any atom is -0.496 e. The lowest BCUT2D eigenvalue weighted by Gasteiger charge is -2.11. The van der Waals surface area contributed by atoms with Gasteiger partial charge in [-0.3, -0.25) is 0 Å². The fourth-order valence-corrected chi connectivity index (χ4v) is 1.21. The number of methoxy groups -OCH3 is 1. The highest BCUT2D eigenvalue weighted by molar-refractivity contribution is 6.30. The van der Waals surface area contributed by atoms with Gasteiger partial charge in [0.25, 0.3) is 0 Å². The molecule has 5 heteroatoms. The summed E-state index contributed by atoms with van der Waals surface area (Å²) in [6, 6.07) is 4.36. The lowest BCUT2D eigenvalue weighted by molar-refractivity contribution is -0.147. The van der Waals surface area contributed by atoms with E-state index < -0.39 is 12.1 Å². The predicted octanol–water partition coefficient (Wildman–Crippen LogP) is 1.47. The van der Waals surface area contributed by atoms with Crippen LogP contribution in [0.1, 0.15) is 11.7 Å². The van der Waals surface area contributed by atoms with E-state index in [1.807, 2.05) is 0 Å². The molecule has 0 unspecified atom stereocenters. The monoisotopic (exact) mass is 216 g/mol. The normalized spacial score (nSPS) is 12.2. The van der Waals surface area contributed by atoms with Crippen molar-refractivity contribution in [2.75, 3.05) is 7.11 Å². The SMILES string of the molecule is COc1cc(Cl)ccc1[C@H](O)C(=O)O. The van der Waals surface area contributed by atoms with Crippen LogP contribution in [0.25, 0.3) is 0 Å². The maximum Gasteiger partial charge on any atom is 0.337 e. The number of rotatable bonds is 3. The minimum atomic E-state index is -1.60. The van der Waals surface area contributed by atoms with E-state index in [4.69, 9.17) is 21.4 Å². The molecule has 0 heterocycles. The van der Waals surface area contributed by atoms with Gasteiger partial charge in [-0.1, -0.05) is 17.7 Å². The molecule has 0 aromatic heterocycles. The van der Waals surface area contributed by atoms with Gasteiger partial charge in [-0.05, 0) is 12.1 Å². The summed E-state index contributed by atoms with van der Waals surface area (Å²) in [4.78, 5) is 10.5. The molecule has 1 atom stereocenters. The van der Waals surface area contributed by atoms with Crippen molar-refractivity contribution in [3.63, 3.8) is 0 Å². The summed E-state index contributed by atoms with van der Waals surface area (Å²) >= 11 is 5.67. The number of hydrogen-bond donors (Lipinski definition) is 2. The second-order valence-electron chi connectivity index (χ2n) is 2.63. The van der Waals surface area contributed by atoms with Crippen LogP contribution in [0.4, 0.5) is 0 Å². The van der Waals surface area contributed by atoms with Gasteiger partial charge in [-0.15, -0.1) is 0 Å². The molecule has 0 aliphatic carbocycles. The Kier molecular flexibility index (Phi) is 3.33. The first-order valence-corrected chi connectivity index (χ1v) is 4.18. The topological polar surface area (TPSA) is 66.8 Å². The molecule has 4 nitrogen and oxygen atoms in total. The third-order valence-corrected chi connectivity index (χ3v) is 1.96. The van der Waals surface area contributed by atoms with Gasteiger partial charge in [0.2, 0.25) is 0 Å². The number of carboxylic acids is 1. The zero-order valence-electron chi connectivity index (χ0n) is 7.40. The molecule has 0 spiro atoms. The molecule has 0 saturated carbocycles. The van der Waals surface area contributed by atoms with E-state index in [1.54, 1.807) is 0 Å². The molecule has 0 amide bonds. The number of ether oxygens (including phenoxy) is 1. The highest BCUT2D eigenvalue weighted by Gasteiger charge is 2.20. The first-order chi connectivity index (χ1) is 6.56. The van der Waals surface area contributed by atoms with Crippen LogP contribution in [0.3, 0.4) is 0 Å². The van der Waals surface area contributed by atoms with Crippen molar-refractivity contribution in [3.8, 4) is 5.75 Å². The minimum absolute atomic E-state index is 0.185. The average molecular weight is 217 g/mol. The van der Waals surface area contributed by atoms with Crippen LogP contribution in [0.5, 0.6) is 5.75 Å². The highest BCUT2D eigenvalue weighted by Crippen LogP contribution is 2.28. The van der Waals surface area contributed by atoms with Gasteiger partial charge in [0, 0.05) is 10.6 Å². The highest BCUT2D eigenvalue weighted by atomic mass is 35.5. The molecular weight excluding hydrogens is 208 g/mol. The quantitative estimate of drug-likeness (QED) is 0.803. The van der Waals surface area contributed by atoms with E-state index in [0.717, 1.165) is 0 Å². The van der Waals surface area contributed by atoms with Gasteiger partial charge < -0.3 is 14.9 Å². The van der Waals surface area contributed by atoms with Crippen molar-refractivity contribution in [2.45, 2.75) is 6.10 Å². The zero-order chi connectivity index (χ0) is 10.7. The van der Waals surface area contributed by atoms with Crippen molar-refractivity contribution < 1.29 is 19.7 Å². The van der Waals surface area contributed by atoms with Crippen LogP contribution >= 0.6 is 11.6 Å². The average Bonchev–Trinajstić information content (AvgIpc) is 2.16. The molecule has 0 bridgehead atoms. The van der Waals surface area contributed by atoms with Gasteiger partial charge in [-0.25, -0.2) is 4.79 Å². The Bertz CT molecular complexity index is 351. The summed E-state index contributed by atoms with van der Waals surface area (Å²) in [6.45, 7) is 0. The van der Waals surface area contributed by atoms with Crippen LogP contribution in [-0.2, 0) is 4.79 Å². The number of benzene rings is 1. The van der Waals surface area contributed by atoms with E-state index in [9.17, 15) is 9.90 Å². The summed E-state index contributed by atoms with van der Waals surface area (Å²) in [5.41, 5.74) is 0.185. The van der Waals surface area contributed by atoms with Crippen molar-refractivity contribution in [3.05, 3.63) is 28.8 Å². The van der Waals surface area contributed by atoms with E-state index in [2.05, 4.69) is 0 Å². The molecule has 1 aromatic carbocycles. The third kappa shape index (κ3) is 2.16. The Balaban J connectivity index is 3.13. The third-order valence-electron chi connectivity index (χ3n) is 1.72. The van der Waals surface area contributed by atoms with Gasteiger partial charge in [0.1, 0.15) is 5.75 Å². The number of aliphatic hydroxyl groups excluding tert-OH is 1. The van der Waals surface area contributed by atoms with E-state index in [0.29, 0.717) is 5.02 Å². The van der Waals surface area contributed by atoms with E-state index in [1.165, 1.54) is 25.3 Å². The number of hydrogen-bond acceptors (Lipinski definition) is 3. The van der Waals surface area contributed by atoms with Crippen LogP contribution in [0.2, 0.25) is 5.02 Å². The molecule has 1 aromatic rings. The number of carbonyl (C=O) groups is 1. The fourth-order valence-electron chi connectivity index (χ4n) is 1.04. The van der Waals surface area contributed by atoms with Crippen LogP contribution in [0.15, 0.2) is 18.2 Å². The van der Waals surface area contributed by atoms with Gasteiger partial charge in [0.15, 0.2) is 6.10 Å². The molecule has 2 N–H and O–H groups in total. The summed E-state index contributed by atoms with van der Waals surface area (Å²) in [5, 5.41) is 18.3. The maximum atomic E-state index is 10.5. The summed E-state index contributed by atoms with van der Waals surface area (Å²) in [6.07, 6.45) is -1.60. The lowest BCUT2D eigenvalue weighted by Crippen LogP contribution is -2.11. The summed E-state index contributed by atoms with van der Waals surface area (Å²) in [7, 11) is 1.38. The molecular formula is C9H9ClO4. The number of aliphatic hydroxyl groups is 1. The molecule has 76 valence electrons. The van der Waals surface area contributed by atoms with Crippen molar-refractivity contribution in [1.82, 2.24) is 0 Å². The number of carboxylic acid groups (broad SMARTS) is 1. The zero-order valence-corrected chi connectivity index (χ0v) is 8.15. The van der Waals surface area contributed by atoms with E-state index >= 15 is 0 Å². The summed E-state index contributed by atoms with van der Waals surface area (Å²) in [5.74, 6) is -1.07. The molecule has 0 aliphatic heterocycles. The smallest absolute Gasteiger partial charge is 0.337 e. The van der Waals surface area contributed by atoms with Gasteiger partial charge in [0.05, 0.1) is 7.11 Å². The number of halogens is 1.